The lowest BCUT2D eigenvalue weighted by atomic mass is 10.1. The number of nitrogens with one attached hydrogen (secondary N) is 2. The van der Waals surface area contributed by atoms with Crippen molar-refractivity contribution in [2.75, 3.05) is 40.0 Å². The van der Waals surface area contributed by atoms with Crippen LogP contribution in [-0.2, 0) is 9.47 Å². The second kappa shape index (κ2) is 17.5. The molecule has 0 aliphatic carbocycles. The van der Waals surface area contributed by atoms with Crippen LogP contribution < -0.4 is 10.6 Å². The lowest BCUT2D eigenvalue weighted by Gasteiger charge is -2.13. The van der Waals surface area contributed by atoms with E-state index >= 15 is 0 Å². The molecule has 1 aromatic rings. The summed E-state index contributed by atoms with van der Waals surface area (Å²) in [6.45, 7) is 8.31. The monoisotopic (exact) mass is 477 g/mol. The maximum atomic E-state index is 5.88. The normalized spacial score (nSPS) is 12.3. The third-order valence-corrected chi connectivity index (χ3v) is 3.87. The third-order valence-electron chi connectivity index (χ3n) is 3.87. The van der Waals surface area contributed by atoms with Gasteiger partial charge in [-0.25, -0.2) is 0 Å². The number of guanidine groups is 1. The summed E-state index contributed by atoms with van der Waals surface area (Å²) in [5, 5.41) is 6.66. The minimum atomic E-state index is 0. The van der Waals surface area contributed by atoms with Crippen molar-refractivity contribution < 1.29 is 9.47 Å². The van der Waals surface area contributed by atoms with Gasteiger partial charge in [-0.2, -0.15) is 0 Å². The number of hydrogen-bond acceptors (Lipinski definition) is 3. The highest BCUT2D eigenvalue weighted by atomic mass is 127. The van der Waals surface area contributed by atoms with E-state index in [1.54, 1.807) is 7.11 Å². The summed E-state index contributed by atoms with van der Waals surface area (Å²) in [5.74, 6) is 0.894. The van der Waals surface area contributed by atoms with Gasteiger partial charge in [-0.05, 0) is 45.1 Å². The zero-order valence-corrected chi connectivity index (χ0v) is 18.8. The molecule has 0 radical (unpaired) electrons. The minimum absolute atomic E-state index is 0. The molecule has 0 fully saturated rings. The molecule has 1 unspecified atom stereocenters. The molecule has 0 aliphatic heterocycles. The molecule has 0 bridgehead atoms. The van der Waals surface area contributed by atoms with Crippen molar-refractivity contribution in [3.63, 3.8) is 0 Å². The molecular weight excluding hydrogens is 441 g/mol. The van der Waals surface area contributed by atoms with E-state index in [1.807, 2.05) is 18.2 Å². The second-order valence-electron chi connectivity index (χ2n) is 6.02. The first-order valence-corrected chi connectivity index (χ1v) is 9.45. The number of ether oxygens (including phenoxy) is 2. The molecule has 0 saturated carbocycles. The van der Waals surface area contributed by atoms with Crippen LogP contribution in [-0.4, -0.2) is 45.9 Å². The summed E-state index contributed by atoms with van der Waals surface area (Å²) in [4.78, 5) is 4.61. The molecule has 0 amide bonds. The Hall–Kier alpha value is -0.860. The van der Waals surface area contributed by atoms with E-state index in [1.165, 1.54) is 12.0 Å². The summed E-state index contributed by atoms with van der Waals surface area (Å²) in [7, 11) is 1.75. The van der Waals surface area contributed by atoms with Crippen molar-refractivity contribution in [1.29, 1.82) is 0 Å². The molecule has 1 atom stereocenters. The maximum absolute atomic E-state index is 5.88. The van der Waals surface area contributed by atoms with Gasteiger partial charge >= 0.3 is 0 Å². The highest BCUT2D eigenvalue weighted by Gasteiger charge is 2.04. The molecule has 0 saturated heterocycles. The molecule has 2 N–H and O–H groups in total. The van der Waals surface area contributed by atoms with Crippen LogP contribution in [0.1, 0.15) is 51.2 Å². The van der Waals surface area contributed by atoms with Crippen LogP contribution in [0.5, 0.6) is 0 Å². The fourth-order valence-corrected chi connectivity index (χ4v) is 2.43. The van der Waals surface area contributed by atoms with Crippen molar-refractivity contribution in [3.05, 3.63) is 35.9 Å². The van der Waals surface area contributed by atoms with Crippen molar-refractivity contribution in [3.8, 4) is 0 Å². The Morgan fingerprint density at radius 2 is 1.81 bits per heavy atom. The zero-order valence-electron chi connectivity index (χ0n) is 16.5. The van der Waals surface area contributed by atoms with Gasteiger partial charge in [-0.1, -0.05) is 30.3 Å². The zero-order chi connectivity index (χ0) is 18.2. The number of halogens is 1. The average Bonchev–Trinajstić information content (AvgIpc) is 2.64. The van der Waals surface area contributed by atoms with E-state index in [0.29, 0.717) is 0 Å². The lowest BCUT2D eigenvalue weighted by Crippen LogP contribution is -2.37. The Labute approximate surface area is 176 Å². The summed E-state index contributed by atoms with van der Waals surface area (Å²) in [6.07, 6.45) is 4.46. The van der Waals surface area contributed by atoms with Gasteiger partial charge in [-0.3, -0.25) is 4.99 Å². The highest BCUT2D eigenvalue weighted by molar-refractivity contribution is 14.0. The summed E-state index contributed by atoms with van der Waals surface area (Å²) in [5.41, 5.74) is 1.22. The van der Waals surface area contributed by atoms with Gasteiger partial charge in [-0.15, -0.1) is 24.0 Å². The van der Waals surface area contributed by atoms with E-state index in [-0.39, 0.29) is 30.1 Å². The van der Waals surface area contributed by atoms with Crippen LogP contribution in [0.4, 0.5) is 0 Å². The van der Waals surface area contributed by atoms with E-state index in [4.69, 9.17) is 9.47 Å². The van der Waals surface area contributed by atoms with Crippen molar-refractivity contribution >= 4 is 29.9 Å². The van der Waals surface area contributed by atoms with Gasteiger partial charge in [0.25, 0.3) is 0 Å². The number of aliphatic imine (C=N–C) groups is 1. The minimum Gasteiger partial charge on any atom is -0.385 e. The van der Waals surface area contributed by atoms with Crippen LogP contribution in [0.2, 0.25) is 0 Å². The molecule has 5 nitrogen and oxygen atoms in total. The van der Waals surface area contributed by atoms with E-state index in [2.05, 4.69) is 41.6 Å². The number of unbranched alkanes of at least 4 members (excludes halogenated alkanes) is 2. The molecule has 150 valence electrons. The van der Waals surface area contributed by atoms with Crippen LogP contribution >= 0.6 is 24.0 Å². The Kier molecular flexibility index (Phi) is 17.0. The molecule has 1 rings (SSSR count). The fourth-order valence-electron chi connectivity index (χ4n) is 2.43. The van der Waals surface area contributed by atoms with Crippen molar-refractivity contribution in [1.82, 2.24) is 10.6 Å². The van der Waals surface area contributed by atoms with Gasteiger partial charge in [0.05, 0.1) is 6.10 Å². The van der Waals surface area contributed by atoms with Gasteiger partial charge in [0, 0.05) is 40.0 Å². The lowest BCUT2D eigenvalue weighted by molar-refractivity contribution is 0.0652. The van der Waals surface area contributed by atoms with Gasteiger partial charge < -0.3 is 20.1 Å². The van der Waals surface area contributed by atoms with E-state index < -0.39 is 0 Å². The Balaban J connectivity index is 0.00000625. The van der Waals surface area contributed by atoms with Crippen LogP contribution in [0.3, 0.4) is 0 Å². The standard InChI is InChI=1S/C20H35N3O2.HI/c1-4-21-20(22-14-9-6-10-16-24-3)23-15-11-17-25-18(2)19-12-7-5-8-13-19;/h5,7-8,12-13,18H,4,6,9-11,14-17H2,1-3H3,(H2,21,22,23);1H. The Morgan fingerprint density at radius 3 is 2.50 bits per heavy atom. The number of hydrogen-bond donors (Lipinski definition) is 2. The highest BCUT2D eigenvalue weighted by Crippen LogP contribution is 2.15. The molecule has 26 heavy (non-hydrogen) atoms. The molecular formula is C20H36IN3O2. The predicted molar refractivity (Wildman–Crippen MR) is 121 cm³/mol. The second-order valence-corrected chi connectivity index (χ2v) is 6.02. The molecule has 0 aromatic heterocycles. The number of rotatable bonds is 13. The van der Waals surface area contributed by atoms with E-state index in [9.17, 15) is 0 Å². The average molecular weight is 477 g/mol. The maximum Gasteiger partial charge on any atom is 0.191 e. The topological polar surface area (TPSA) is 54.9 Å². The SMILES string of the molecule is CCNC(=NCCCOC(C)c1ccccc1)NCCCCCOC.I. The predicted octanol–water partition coefficient (Wildman–Crippen LogP) is 4.14. The smallest absolute Gasteiger partial charge is 0.191 e. The quantitative estimate of drug-likeness (QED) is 0.194. The molecule has 0 aliphatic rings. The fraction of sp³-hybridized carbons (Fsp3) is 0.650. The molecule has 6 heteroatoms. The summed E-state index contributed by atoms with van der Waals surface area (Å²) >= 11 is 0. The van der Waals surface area contributed by atoms with Crippen LogP contribution in [0, 0.1) is 0 Å². The van der Waals surface area contributed by atoms with Crippen LogP contribution in [0.15, 0.2) is 35.3 Å². The molecule has 1 aromatic carbocycles. The Morgan fingerprint density at radius 1 is 1.04 bits per heavy atom. The summed E-state index contributed by atoms with van der Waals surface area (Å²) < 4.78 is 10.9. The third kappa shape index (κ3) is 12.5. The van der Waals surface area contributed by atoms with Gasteiger partial charge in [0.2, 0.25) is 0 Å². The van der Waals surface area contributed by atoms with Crippen molar-refractivity contribution in [2.45, 2.75) is 45.6 Å². The number of benzene rings is 1. The first-order valence-electron chi connectivity index (χ1n) is 9.45. The first-order chi connectivity index (χ1) is 12.3. The first kappa shape index (κ1) is 25.1. The van der Waals surface area contributed by atoms with Crippen LogP contribution in [0.25, 0.3) is 0 Å². The summed E-state index contributed by atoms with van der Waals surface area (Å²) in [6, 6.07) is 10.3. The largest absolute Gasteiger partial charge is 0.385 e. The number of methoxy groups -OCH3 is 1. The molecule has 0 spiro atoms. The van der Waals surface area contributed by atoms with Crippen molar-refractivity contribution in [2.24, 2.45) is 4.99 Å². The van der Waals surface area contributed by atoms with Gasteiger partial charge in [0.15, 0.2) is 5.96 Å². The Bertz CT molecular complexity index is 458. The number of nitrogens with zero attached hydrogens (tertiary/aromatic N) is 1. The van der Waals surface area contributed by atoms with Gasteiger partial charge in [0.1, 0.15) is 0 Å². The van der Waals surface area contributed by atoms with E-state index in [0.717, 1.165) is 58.1 Å². The molecule has 0 heterocycles.